The average Bonchev–Trinajstić information content (AvgIpc) is 2.87. The molecule has 0 aromatic rings. The lowest BCUT2D eigenvalue weighted by atomic mass is 9.33. The first-order chi connectivity index (χ1) is 18.9. The van der Waals surface area contributed by atoms with Gasteiger partial charge in [0.25, 0.3) is 5.91 Å². The monoisotopic (exact) mass is 566 g/mol. The zero-order valence-corrected chi connectivity index (χ0v) is 26.9. The number of rotatable bonds is 4. The van der Waals surface area contributed by atoms with Crippen molar-refractivity contribution in [2.45, 2.75) is 119 Å². The minimum absolute atomic E-state index is 0.0261. The molecule has 6 heteroatoms. The van der Waals surface area contributed by atoms with Crippen LogP contribution in [0, 0.1) is 50.2 Å². The molecule has 5 aliphatic carbocycles. The van der Waals surface area contributed by atoms with E-state index in [1.54, 1.807) is 13.0 Å². The Kier molecular flexibility index (Phi) is 7.09. The van der Waals surface area contributed by atoms with Crippen molar-refractivity contribution in [1.29, 1.82) is 0 Å². The fraction of sp³-hybridized carbons (Fsp3) is 0.800. The third-order valence-corrected chi connectivity index (χ3v) is 14.0. The molecule has 2 amide bonds. The molecule has 0 aromatic heterocycles. The second kappa shape index (κ2) is 9.53. The number of hydroxylamine groups is 2. The average molecular weight is 567 g/mol. The summed E-state index contributed by atoms with van der Waals surface area (Å²) in [6.07, 6.45) is 12.0. The van der Waals surface area contributed by atoms with Crippen LogP contribution in [0.2, 0.25) is 0 Å². The molecule has 41 heavy (non-hydrogen) atoms. The van der Waals surface area contributed by atoms with Gasteiger partial charge >= 0.3 is 0 Å². The van der Waals surface area contributed by atoms with Gasteiger partial charge in [-0.1, -0.05) is 60.1 Å². The maximum Gasteiger partial charge on any atom is 0.252 e. The molecule has 5 rings (SSSR count). The molecular weight excluding hydrogens is 512 g/mol. The van der Waals surface area contributed by atoms with Crippen molar-refractivity contribution in [1.82, 2.24) is 10.4 Å². The number of hydrogen-bond donors (Lipinski definition) is 2. The normalized spacial score (nSPS) is 46.6. The van der Waals surface area contributed by atoms with Gasteiger partial charge in [0.1, 0.15) is 0 Å². The Balaban J connectivity index is 1.54. The Hall–Kier alpha value is -1.95. The number of allylic oxidation sites excluding steroid dienone is 2. The Bertz CT molecular complexity index is 1190. The number of hydrogen-bond acceptors (Lipinski definition) is 4. The van der Waals surface area contributed by atoms with Crippen molar-refractivity contribution in [2.24, 2.45) is 50.2 Å². The van der Waals surface area contributed by atoms with E-state index in [1.165, 1.54) is 5.57 Å². The van der Waals surface area contributed by atoms with Gasteiger partial charge in [-0.3, -0.25) is 19.6 Å². The van der Waals surface area contributed by atoms with Crippen molar-refractivity contribution in [3.63, 3.8) is 0 Å². The van der Waals surface area contributed by atoms with E-state index in [0.717, 1.165) is 56.4 Å². The summed E-state index contributed by atoms with van der Waals surface area (Å²) in [7, 11) is 0. The fourth-order valence-corrected chi connectivity index (χ4v) is 11.4. The summed E-state index contributed by atoms with van der Waals surface area (Å²) in [5.41, 5.74) is 0.141. The van der Waals surface area contributed by atoms with E-state index >= 15 is 0 Å². The summed E-state index contributed by atoms with van der Waals surface area (Å²) in [5, 5.41) is 14.6. The van der Waals surface area contributed by atoms with Crippen LogP contribution < -0.4 is 5.32 Å². The molecular formula is C35H54N2O4. The number of nitrogens with one attached hydrogen (secondary N) is 1. The van der Waals surface area contributed by atoms with Crippen LogP contribution in [0.5, 0.6) is 0 Å². The van der Waals surface area contributed by atoms with Crippen molar-refractivity contribution in [3.05, 3.63) is 24.3 Å². The molecule has 0 aromatic carbocycles. The predicted octanol–water partition coefficient (Wildman–Crippen LogP) is 6.88. The smallest absolute Gasteiger partial charge is 0.252 e. The summed E-state index contributed by atoms with van der Waals surface area (Å²) in [6.45, 7) is 21.6. The first-order valence-electron chi connectivity index (χ1n) is 16.0. The highest BCUT2D eigenvalue weighted by molar-refractivity contribution is 5.95. The highest BCUT2D eigenvalue weighted by atomic mass is 16.5. The van der Waals surface area contributed by atoms with Crippen LogP contribution in [0.4, 0.5) is 0 Å². The predicted molar refractivity (Wildman–Crippen MR) is 161 cm³/mol. The molecule has 0 spiro atoms. The molecule has 0 bridgehead atoms. The summed E-state index contributed by atoms with van der Waals surface area (Å²) in [4.78, 5) is 40.1. The number of ketones is 1. The van der Waals surface area contributed by atoms with Gasteiger partial charge in [0.05, 0.1) is 6.54 Å². The molecule has 4 fully saturated rings. The molecule has 9 atom stereocenters. The third kappa shape index (κ3) is 4.16. The van der Waals surface area contributed by atoms with Crippen molar-refractivity contribution >= 4 is 17.6 Å². The number of carbonyl (C=O) groups is 3. The Labute approximate surface area is 247 Å². The van der Waals surface area contributed by atoms with Gasteiger partial charge in [-0.25, -0.2) is 5.06 Å². The first-order valence-corrected chi connectivity index (χ1v) is 16.0. The molecule has 0 heterocycles. The van der Waals surface area contributed by atoms with Gasteiger partial charge in [-0.2, -0.15) is 0 Å². The minimum atomic E-state index is -0.669. The maximum atomic E-state index is 14.6. The Morgan fingerprint density at radius 2 is 1.68 bits per heavy atom. The maximum absolute atomic E-state index is 14.6. The number of nitrogens with zero attached hydrogens (tertiary/aromatic N) is 1. The van der Waals surface area contributed by atoms with Gasteiger partial charge in [0.2, 0.25) is 5.91 Å². The van der Waals surface area contributed by atoms with Crippen LogP contribution in [-0.2, 0) is 14.4 Å². The van der Waals surface area contributed by atoms with E-state index in [0.29, 0.717) is 12.3 Å². The van der Waals surface area contributed by atoms with Gasteiger partial charge in [-0.15, -0.1) is 6.58 Å². The third-order valence-electron chi connectivity index (χ3n) is 14.0. The molecule has 4 saturated carbocycles. The summed E-state index contributed by atoms with van der Waals surface area (Å²) in [5.74, 6) is 0.509. The van der Waals surface area contributed by atoms with E-state index < -0.39 is 5.41 Å². The van der Waals surface area contributed by atoms with E-state index in [9.17, 15) is 19.6 Å². The highest BCUT2D eigenvalue weighted by Crippen LogP contribution is 2.75. The highest BCUT2D eigenvalue weighted by Gasteiger charge is 2.70. The molecule has 228 valence electrons. The van der Waals surface area contributed by atoms with Crippen LogP contribution in [0.1, 0.15) is 113 Å². The van der Waals surface area contributed by atoms with Crippen molar-refractivity contribution in [2.75, 3.05) is 6.54 Å². The van der Waals surface area contributed by atoms with Gasteiger partial charge in [0, 0.05) is 24.3 Å². The lowest BCUT2D eigenvalue weighted by Crippen LogP contribution is -2.67. The molecule has 0 saturated heterocycles. The molecule has 2 N–H and O–H groups in total. The summed E-state index contributed by atoms with van der Waals surface area (Å²) in [6, 6.07) is 0.128. The zero-order chi connectivity index (χ0) is 30.4. The lowest BCUT2D eigenvalue weighted by Gasteiger charge is -2.70. The van der Waals surface area contributed by atoms with E-state index in [-0.39, 0.29) is 69.1 Å². The molecule has 0 radical (unpaired) electrons. The minimum Gasteiger partial charge on any atom is -0.353 e. The molecule has 5 aliphatic rings. The standard InChI is InChI=1S/C35H54N2O4/c1-10-19-37(41)29(40)32(6)16-15-31(5)17-18-34(8)23(24(31)21-32)20-25(39)28-33(7)13-12-27(36-22(2)38)30(3,4)26(33)11-14-35(28,34)9/h10,20,24,26-28,41H,1,11-19,21H2,2-9H3,(H,36,38)/t24-,26?,27-,28+,31+,32-,33-,34+,35+/m0/s1. The Morgan fingerprint density at radius 3 is 2.32 bits per heavy atom. The second-order valence-corrected chi connectivity index (χ2v) is 16.5. The fourth-order valence-electron chi connectivity index (χ4n) is 11.4. The summed E-state index contributed by atoms with van der Waals surface area (Å²) >= 11 is 0. The van der Waals surface area contributed by atoms with Gasteiger partial charge < -0.3 is 5.32 Å². The Morgan fingerprint density at radius 1 is 1.02 bits per heavy atom. The van der Waals surface area contributed by atoms with Crippen LogP contribution >= 0.6 is 0 Å². The zero-order valence-electron chi connectivity index (χ0n) is 26.9. The lowest BCUT2D eigenvalue weighted by molar-refractivity contribution is -0.192. The van der Waals surface area contributed by atoms with Crippen LogP contribution in [0.15, 0.2) is 24.3 Å². The SMILES string of the molecule is C=CCN(O)C(=O)[C@@]1(C)CC[C@]2(C)CC[C@]3(C)C(=CC(=O)[C@@H]4[C@@]5(C)CC[C@H](NC(C)=O)C(C)(C)C5CC[C@]43C)[C@@H]2C1. The first kappa shape index (κ1) is 30.5. The van der Waals surface area contributed by atoms with E-state index in [4.69, 9.17) is 0 Å². The quantitative estimate of drug-likeness (QED) is 0.221. The van der Waals surface area contributed by atoms with Crippen LogP contribution in [-0.4, -0.2) is 40.5 Å². The van der Waals surface area contributed by atoms with Crippen molar-refractivity contribution < 1.29 is 19.6 Å². The van der Waals surface area contributed by atoms with Gasteiger partial charge in [0.15, 0.2) is 5.78 Å². The topological polar surface area (TPSA) is 86.7 Å². The molecule has 6 nitrogen and oxygen atoms in total. The second-order valence-electron chi connectivity index (χ2n) is 16.5. The number of amides is 2. The largest absolute Gasteiger partial charge is 0.353 e. The van der Waals surface area contributed by atoms with Crippen LogP contribution in [0.3, 0.4) is 0 Å². The van der Waals surface area contributed by atoms with E-state index in [2.05, 4.69) is 53.4 Å². The van der Waals surface area contributed by atoms with E-state index in [1.807, 2.05) is 13.0 Å². The number of carbonyl (C=O) groups excluding carboxylic acids is 3. The molecule has 1 unspecified atom stereocenters. The van der Waals surface area contributed by atoms with Crippen LogP contribution in [0.25, 0.3) is 0 Å². The number of fused-ring (bicyclic) bond motifs is 7. The van der Waals surface area contributed by atoms with Gasteiger partial charge in [-0.05, 0) is 103 Å². The van der Waals surface area contributed by atoms with Crippen molar-refractivity contribution in [3.8, 4) is 0 Å². The molecule has 0 aliphatic heterocycles. The summed E-state index contributed by atoms with van der Waals surface area (Å²) < 4.78 is 0.